The van der Waals surface area contributed by atoms with Crippen LogP contribution >= 0.6 is 0 Å². The molecule has 0 aliphatic carbocycles. The SMILES string of the molecule is Cc1cc(-c2ccccc2C(=O)O)cc(=O)n1Cc1ccccc1. The van der Waals surface area contributed by atoms with Crippen molar-refractivity contribution >= 4 is 5.97 Å². The zero-order chi connectivity index (χ0) is 17.1. The van der Waals surface area contributed by atoms with E-state index < -0.39 is 5.97 Å². The smallest absolute Gasteiger partial charge is 0.336 e. The van der Waals surface area contributed by atoms with Gasteiger partial charge in [-0.25, -0.2) is 4.79 Å². The van der Waals surface area contributed by atoms with Gasteiger partial charge in [0.1, 0.15) is 0 Å². The highest BCUT2D eigenvalue weighted by Gasteiger charge is 2.13. The highest BCUT2D eigenvalue weighted by molar-refractivity contribution is 5.95. The number of nitrogens with zero attached hydrogens (tertiary/aromatic N) is 1. The van der Waals surface area contributed by atoms with Crippen LogP contribution in [0.1, 0.15) is 21.6 Å². The average Bonchev–Trinajstić information content (AvgIpc) is 2.59. The van der Waals surface area contributed by atoms with Gasteiger partial charge in [0.2, 0.25) is 0 Å². The third-order valence-electron chi connectivity index (χ3n) is 3.99. The molecule has 1 N–H and O–H groups in total. The van der Waals surface area contributed by atoms with Crippen LogP contribution in [0.4, 0.5) is 0 Å². The van der Waals surface area contributed by atoms with Crippen molar-refractivity contribution in [3.63, 3.8) is 0 Å². The van der Waals surface area contributed by atoms with E-state index in [4.69, 9.17) is 0 Å². The Labute approximate surface area is 139 Å². The summed E-state index contributed by atoms with van der Waals surface area (Å²) in [5, 5.41) is 9.33. The molecule has 0 aliphatic heterocycles. The Balaban J connectivity index is 2.05. The first-order chi connectivity index (χ1) is 11.6. The molecule has 4 nitrogen and oxygen atoms in total. The third kappa shape index (κ3) is 3.13. The minimum Gasteiger partial charge on any atom is -0.478 e. The molecule has 3 aromatic rings. The van der Waals surface area contributed by atoms with Gasteiger partial charge in [0.05, 0.1) is 12.1 Å². The lowest BCUT2D eigenvalue weighted by atomic mass is 10.00. The van der Waals surface area contributed by atoms with Crippen LogP contribution in [0.5, 0.6) is 0 Å². The Morgan fingerprint density at radius 1 is 1.00 bits per heavy atom. The summed E-state index contributed by atoms with van der Waals surface area (Å²) in [6, 6.07) is 19.8. The lowest BCUT2D eigenvalue weighted by Gasteiger charge is -2.13. The molecular formula is C20H17NO3. The zero-order valence-electron chi connectivity index (χ0n) is 13.3. The summed E-state index contributed by atoms with van der Waals surface area (Å²) in [6.45, 7) is 2.35. The second kappa shape index (κ2) is 6.54. The predicted molar refractivity (Wildman–Crippen MR) is 93.4 cm³/mol. The van der Waals surface area contributed by atoms with Gasteiger partial charge in [0.15, 0.2) is 0 Å². The Morgan fingerprint density at radius 2 is 1.67 bits per heavy atom. The molecule has 0 spiro atoms. The number of rotatable bonds is 4. The molecule has 0 fully saturated rings. The number of carboxylic acid groups (broad SMARTS) is 1. The van der Waals surface area contributed by atoms with E-state index in [0.717, 1.165) is 11.3 Å². The summed E-state index contributed by atoms with van der Waals surface area (Å²) in [5.74, 6) is -1.00. The van der Waals surface area contributed by atoms with E-state index in [1.54, 1.807) is 28.8 Å². The van der Waals surface area contributed by atoms with Gasteiger partial charge in [-0.2, -0.15) is 0 Å². The first kappa shape index (κ1) is 15.7. The van der Waals surface area contributed by atoms with Gasteiger partial charge in [0.25, 0.3) is 5.56 Å². The summed E-state index contributed by atoms with van der Waals surface area (Å²) in [7, 11) is 0. The monoisotopic (exact) mass is 319 g/mol. The summed E-state index contributed by atoms with van der Waals surface area (Å²) < 4.78 is 1.68. The number of hydrogen-bond donors (Lipinski definition) is 1. The third-order valence-corrected chi connectivity index (χ3v) is 3.99. The van der Waals surface area contributed by atoms with Crippen LogP contribution in [0.3, 0.4) is 0 Å². The maximum Gasteiger partial charge on any atom is 0.336 e. The van der Waals surface area contributed by atoms with Gasteiger partial charge in [-0.1, -0.05) is 48.5 Å². The van der Waals surface area contributed by atoms with Crippen LogP contribution in [0.15, 0.2) is 71.5 Å². The molecule has 0 radical (unpaired) electrons. The van der Waals surface area contributed by atoms with Crippen LogP contribution in [0.2, 0.25) is 0 Å². The van der Waals surface area contributed by atoms with Crippen LogP contribution in [0.25, 0.3) is 11.1 Å². The summed E-state index contributed by atoms with van der Waals surface area (Å²) in [4.78, 5) is 23.9. The van der Waals surface area contributed by atoms with Gasteiger partial charge in [0, 0.05) is 11.8 Å². The van der Waals surface area contributed by atoms with Crippen LogP contribution in [0, 0.1) is 6.92 Å². The molecule has 0 amide bonds. The number of aromatic nitrogens is 1. The van der Waals surface area contributed by atoms with Crippen molar-refractivity contribution in [1.29, 1.82) is 0 Å². The second-order valence-electron chi connectivity index (χ2n) is 5.65. The lowest BCUT2D eigenvalue weighted by molar-refractivity contribution is 0.0697. The molecule has 1 heterocycles. The average molecular weight is 319 g/mol. The van der Waals surface area contributed by atoms with Crippen molar-refractivity contribution in [3.8, 4) is 11.1 Å². The number of aromatic carboxylic acids is 1. The van der Waals surface area contributed by atoms with Gasteiger partial charge in [-0.3, -0.25) is 4.79 Å². The minimum absolute atomic E-state index is 0.144. The largest absolute Gasteiger partial charge is 0.478 e. The minimum atomic E-state index is -1.00. The topological polar surface area (TPSA) is 59.3 Å². The van der Waals surface area contributed by atoms with E-state index in [2.05, 4.69) is 0 Å². The first-order valence-electron chi connectivity index (χ1n) is 7.64. The number of aryl methyl sites for hydroxylation is 1. The standard InChI is InChI=1S/C20H17NO3/c1-14-11-16(17-9-5-6-10-18(17)20(23)24)12-19(22)21(14)13-15-7-3-2-4-8-15/h2-12H,13H2,1H3,(H,23,24). The molecule has 1 aromatic heterocycles. The summed E-state index contributed by atoms with van der Waals surface area (Å²) >= 11 is 0. The van der Waals surface area contributed by atoms with Crippen molar-refractivity contribution in [2.45, 2.75) is 13.5 Å². The summed E-state index contributed by atoms with van der Waals surface area (Å²) in [6.07, 6.45) is 0. The van der Waals surface area contributed by atoms with Crippen molar-refractivity contribution in [2.75, 3.05) is 0 Å². The Hall–Kier alpha value is -3.14. The van der Waals surface area contributed by atoms with E-state index in [0.29, 0.717) is 17.7 Å². The summed E-state index contributed by atoms with van der Waals surface area (Å²) in [5.41, 5.74) is 3.06. The number of carbonyl (C=O) groups is 1. The molecule has 4 heteroatoms. The molecule has 0 atom stereocenters. The second-order valence-corrected chi connectivity index (χ2v) is 5.65. The molecule has 2 aromatic carbocycles. The molecule has 120 valence electrons. The van der Waals surface area contributed by atoms with Gasteiger partial charge < -0.3 is 9.67 Å². The fourth-order valence-electron chi connectivity index (χ4n) is 2.77. The van der Waals surface area contributed by atoms with Gasteiger partial charge in [-0.05, 0) is 35.7 Å². The molecule has 0 bridgehead atoms. The maximum atomic E-state index is 12.5. The maximum absolute atomic E-state index is 12.5. The molecule has 24 heavy (non-hydrogen) atoms. The number of pyridine rings is 1. The van der Waals surface area contributed by atoms with Gasteiger partial charge in [-0.15, -0.1) is 0 Å². The number of carboxylic acids is 1. The Kier molecular flexibility index (Phi) is 4.29. The van der Waals surface area contributed by atoms with Crippen LogP contribution in [-0.2, 0) is 6.54 Å². The fourth-order valence-corrected chi connectivity index (χ4v) is 2.77. The van der Waals surface area contributed by atoms with Crippen molar-refractivity contribution < 1.29 is 9.90 Å². The lowest BCUT2D eigenvalue weighted by Crippen LogP contribution is -2.22. The molecular weight excluding hydrogens is 302 g/mol. The van der Waals surface area contributed by atoms with Crippen molar-refractivity contribution in [2.24, 2.45) is 0 Å². The highest BCUT2D eigenvalue weighted by atomic mass is 16.4. The van der Waals surface area contributed by atoms with Crippen LogP contribution < -0.4 is 5.56 Å². The van der Waals surface area contributed by atoms with Crippen molar-refractivity contribution in [1.82, 2.24) is 4.57 Å². The number of benzene rings is 2. The van der Waals surface area contributed by atoms with Crippen LogP contribution in [-0.4, -0.2) is 15.6 Å². The van der Waals surface area contributed by atoms with E-state index in [-0.39, 0.29) is 11.1 Å². The van der Waals surface area contributed by atoms with E-state index in [9.17, 15) is 14.7 Å². The van der Waals surface area contributed by atoms with E-state index in [1.807, 2.05) is 43.3 Å². The molecule has 0 unspecified atom stereocenters. The first-order valence-corrected chi connectivity index (χ1v) is 7.64. The van der Waals surface area contributed by atoms with E-state index in [1.165, 1.54) is 6.07 Å². The van der Waals surface area contributed by atoms with Crippen molar-refractivity contribution in [3.05, 3.63) is 93.9 Å². The highest BCUT2D eigenvalue weighted by Crippen LogP contribution is 2.23. The molecule has 0 saturated carbocycles. The quantitative estimate of drug-likeness (QED) is 0.800. The van der Waals surface area contributed by atoms with Gasteiger partial charge >= 0.3 is 5.97 Å². The fraction of sp³-hybridized carbons (Fsp3) is 0.100. The predicted octanol–water partition coefficient (Wildman–Crippen LogP) is 3.57. The Bertz CT molecular complexity index is 943. The number of hydrogen-bond acceptors (Lipinski definition) is 2. The Morgan fingerprint density at radius 3 is 2.33 bits per heavy atom. The normalized spacial score (nSPS) is 10.5. The molecule has 3 rings (SSSR count). The molecule has 0 aliphatic rings. The van der Waals surface area contributed by atoms with E-state index >= 15 is 0 Å². The zero-order valence-corrected chi connectivity index (χ0v) is 13.3. The molecule has 0 saturated heterocycles.